The van der Waals surface area contributed by atoms with Gasteiger partial charge >= 0.3 is 0 Å². The van der Waals surface area contributed by atoms with Gasteiger partial charge < -0.3 is 5.32 Å². The van der Waals surface area contributed by atoms with Gasteiger partial charge in [-0.3, -0.25) is 4.98 Å². The van der Waals surface area contributed by atoms with Gasteiger partial charge in [-0.25, -0.2) is 0 Å². The van der Waals surface area contributed by atoms with Crippen LogP contribution in [0.2, 0.25) is 0 Å². The molecule has 3 atom stereocenters. The van der Waals surface area contributed by atoms with Crippen LogP contribution in [0.3, 0.4) is 0 Å². The smallest absolute Gasteiger partial charge is 0.0303 e. The molecule has 2 aliphatic rings. The third kappa shape index (κ3) is 1.17. The Morgan fingerprint density at radius 1 is 1.38 bits per heavy atom. The zero-order valence-corrected chi connectivity index (χ0v) is 7.61. The first-order valence-corrected chi connectivity index (χ1v) is 5.09. The van der Waals surface area contributed by atoms with Gasteiger partial charge in [0.1, 0.15) is 0 Å². The van der Waals surface area contributed by atoms with Crippen molar-refractivity contribution in [3.8, 4) is 0 Å². The SMILES string of the molecule is c1cncc(C2C[C@H]3CC[C@H]2N3)c1. The highest BCUT2D eigenvalue weighted by atomic mass is 15.0. The molecule has 0 radical (unpaired) electrons. The largest absolute Gasteiger partial charge is 0.311 e. The minimum atomic E-state index is 0.729. The van der Waals surface area contributed by atoms with Gasteiger partial charge in [-0.15, -0.1) is 0 Å². The van der Waals surface area contributed by atoms with E-state index in [1.54, 1.807) is 0 Å². The van der Waals surface area contributed by atoms with E-state index in [0.717, 1.165) is 18.0 Å². The lowest BCUT2D eigenvalue weighted by atomic mass is 9.85. The number of hydrogen-bond acceptors (Lipinski definition) is 2. The van der Waals surface area contributed by atoms with E-state index in [1.807, 2.05) is 18.5 Å². The highest BCUT2D eigenvalue weighted by molar-refractivity contribution is 5.21. The van der Waals surface area contributed by atoms with Crippen LogP contribution in [0.25, 0.3) is 0 Å². The zero-order valence-electron chi connectivity index (χ0n) is 7.61. The molecule has 0 aromatic carbocycles. The molecule has 1 aromatic heterocycles. The van der Waals surface area contributed by atoms with E-state index >= 15 is 0 Å². The number of rotatable bonds is 1. The van der Waals surface area contributed by atoms with Crippen LogP contribution in [0.4, 0.5) is 0 Å². The molecule has 0 aliphatic carbocycles. The highest BCUT2D eigenvalue weighted by Gasteiger charge is 2.39. The van der Waals surface area contributed by atoms with Gasteiger partial charge in [0.15, 0.2) is 0 Å². The highest BCUT2D eigenvalue weighted by Crippen LogP contribution is 2.39. The van der Waals surface area contributed by atoms with Crippen molar-refractivity contribution >= 4 is 0 Å². The van der Waals surface area contributed by atoms with Gasteiger partial charge in [0.2, 0.25) is 0 Å². The Morgan fingerprint density at radius 3 is 3.00 bits per heavy atom. The van der Waals surface area contributed by atoms with Crippen LogP contribution in [-0.4, -0.2) is 17.1 Å². The Bertz CT molecular complexity index is 296. The Hall–Kier alpha value is -0.890. The summed E-state index contributed by atoms with van der Waals surface area (Å²) in [4.78, 5) is 4.19. The molecule has 3 rings (SSSR count). The van der Waals surface area contributed by atoms with E-state index in [-0.39, 0.29) is 0 Å². The minimum Gasteiger partial charge on any atom is -0.311 e. The molecule has 1 aromatic rings. The summed E-state index contributed by atoms with van der Waals surface area (Å²) in [7, 11) is 0. The van der Waals surface area contributed by atoms with Crippen molar-refractivity contribution in [2.24, 2.45) is 0 Å². The molecule has 2 nitrogen and oxygen atoms in total. The Kier molecular flexibility index (Phi) is 1.62. The van der Waals surface area contributed by atoms with E-state index in [9.17, 15) is 0 Å². The summed E-state index contributed by atoms with van der Waals surface area (Å²) in [6.45, 7) is 0. The monoisotopic (exact) mass is 174 g/mol. The predicted octanol–water partition coefficient (Wildman–Crippen LogP) is 1.69. The summed E-state index contributed by atoms with van der Waals surface area (Å²) < 4.78 is 0. The molecular formula is C11H14N2. The second-order valence-electron chi connectivity index (χ2n) is 4.18. The minimum absolute atomic E-state index is 0.729. The fraction of sp³-hybridized carbons (Fsp3) is 0.545. The molecule has 0 amide bonds. The van der Waals surface area contributed by atoms with Crippen molar-refractivity contribution in [2.45, 2.75) is 37.3 Å². The standard InChI is InChI=1S/C11H14N2/c1-2-8(7-12-5-1)10-6-9-3-4-11(10)13-9/h1-2,5,7,9-11,13H,3-4,6H2/t9-,10?,11-/m1/s1. The van der Waals surface area contributed by atoms with Crippen molar-refractivity contribution in [2.75, 3.05) is 0 Å². The molecule has 2 saturated heterocycles. The van der Waals surface area contributed by atoms with Crippen molar-refractivity contribution < 1.29 is 0 Å². The summed E-state index contributed by atoms with van der Waals surface area (Å²) in [5.41, 5.74) is 1.42. The average Bonchev–Trinajstić information content (AvgIpc) is 2.80. The predicted molar refractivity (Wildman–Crippen MR) is 51.5 cm³/mol. The molecule has 2 fully saturated rings. The van der Waals surface area contributed by atoms with Crippen molar-refractivity contribution in [3.05, 3.63) is 30.1 Å². The van der Waals surface area contributed by atoms with Crippen LogP contribution >= 0.6 is 0 Å². The molecular weight excluding hydrogens is 160 g/mol. The van der Waals surface area contributed by atoms with Crippen LogP contribution in [0, 0.1) is 0 Å². The van der Waals surface area contributed by atoms with E-state index in [1.165, 1.54) is 24.8 Å². The van der Waals surface area contributed by atoms with Crippen molar-refractivity contribution in [1.29, 1.82) is 0 Å². The third-order valence-corrected chi connectivity index (χ3v) is 3.41. The van der Waals surface area contributed by atoms with Crippen LogP contribution in [0.5, 0.6) is 0 Å². The van der Waals surface area contributed by atoms with E-state index in [4.69, 9.17) is 0 Å². The van der Waals surface area contributed by atoms with E-state index < -0.39 is 0 Å². The number of nitrogens with one attached hydrogen (secondary N) is 1. The summed E-state index contributed by atoms with van der Waals surface area (Å²) in [5.74, 6) is 0.729. The van der Waals surface area contributed by atoms with Gasteiger partial charge in [-0.2, -0.15) is 0 Å². The number of pyridine rings is 1. The van der Waals surface area contributed by atoms with Gasteiger partial charge in [-0.1, -0.05) is 6.07 Å². The van der Waals surface area contributed by atoms with E-state index in [0.29, 0.717) is 0 Å². The lowest BCUT2D eigenvalue weighted by Gasteiger charge is -2.19. The molecule has 1 unspecified atom stereocenters. The first-order valence-electron chi connectivity index (χ1n) is 5.09. The fourth-order valence-electron chi connectivity index (χ4n) is 2.79. The summed E-state index contributed by atoms with van der Waals surface area (Å²) in [5, 5.41) is 3.65. The quantitative estimate of drug-likeness (QED) is 0.700. The molecule has 0 spiro atoms. The summed E-state index contributed by atoms with van der Waals surface area (Å²) >= 11 is 0. The normalized spacial score (nSPS) is 36.8. The molecule has 2 aliphatic heterocycles. The first kappa shape index (κ1) is 7.51. The molecule has 3 heterocycles. The number of aromatic nitrogens is 1. The topological polar surface area (TPSA) is 24.9 Å². The Labute approximate surface area is 78.4 Å². The maximum Gasteiger partial charge on any atom is 0.0303 e. The number of fused-ring (bicyclic) bond motifs is 2. The Balaban J connectivity index is 1.87. The third-order valence-electron chi connectivity index (χ3n) is 3.41. The molecule has 2 heteroatoms. The molecule has 0 saturated carbocycles. The average molecular weight is 174 g/mol. The molecule has 2 bridgehead atoms. The molecule has 1 N–H and O–H groups in total. The van der Waals surface area contributed by atoms with Crippen molar-refractivity contribution in [1.82, 2.24) is 10.3 Å². The molecule has 68 valence electrons. The van der Waals surface area contributed by atoms with Crippen LogP contribution in [0.1, 0.15) is 30.7 Å². The van der Waals surface area contributed by atoms with Gasteiger partial charge in [0.25, 0.3) is 0 Å². The first-order chi connectivity index (χ1) is 6.43. The summed E-state index contributed by atoms with van der Waals surface area (Å²) in [6, 6.07) is 5.77. The zero-order chi connectivity index (χ0) is 8.67. The second-order valence-corrected chi connectivity index (χ2v) is 4.18. The lowest BCUT2D eigenvalue weighted by Crippen LogP contribution is -2.21. The second kappa shape index (κ2) is 2.81. The van der Waals surface area contributed by atoms with Gasteiger partial charge in [0, 0.05) is 30.4 Å². The van der Waals surface area contributed by atoms with Gasteiger partial charge in [0.05, 0.1) is 0 Å². The number of hydrogen-bond donors (Lipinski definition) is 1. The van der Waals surface area contributed by atoms with Crippen LogP contribution in [-0.2, 0) is 0 Å². The maximum absolute atomic E-state index is 4.19. The summed E-state index contributed by atoms with van der Waals surface area (Å²) in [6.07, 6.45) is 7.92. The van der Waals surface area contributed by atoms with Crippen molar-refractivity contribution in [3.63, 3.8) is 0 Å². The Morgan fingerprint density at radius 2 is 2.38 bits per heavy atom. The maximum atomic E-state index is 4.19. The van der Waals surface area contributed by atoms with Crippen LogP contribution < -0.4 is 5.32 Å². The van der Waals surface area contributed by atoms with E-state index in [2.05, 4.69) is 16.4 Å². The molecule has 13 heavy (non-hydrogen) atoms. The van der Waals surface area contributed by atoms with Crippen LogP contribution in [0.15, 0.2) is 24.5 Å². The number of nitrogens with zero attached hydrogens (tertiary/aromatic N) is 1. The van der Waals surface area contributed by atoms with Gasteiger partial charge in [-0.05, 0) is 30.9 Å². The lowest BCUT2D eigenvalue weighted by molar-refractivity contribution is 0.505. The fourth-order valence-corrected chi connectivity index (χ4v) is 2.79.